The zero-order valence-corrected chi connectivity index (χ0v) is 27.5. The molecule has 5 aromatic rings. The molecule has 1 aromatic heterocycles. The Labute approximate surface area is 275 Å². The summed E-state index contributed by atoms with van der Waals surface area (Å²) in [6.45, 7) is 3.62. The molecular weight excluding hydrogens is 719 g/mol. The molecule has 6 nitrogen and oxygen atoms in total. The predicted molar refractivity (Wildman–Crippen MR) is 172 cm³/mol. The van der Waals surface area contributed by atoms with E-state index in [1.807, 2.05) is 48.5 Å². The van der Waals surface area contributed by atoms with Gasteiger partial charge >= 0.3 is 11.9 Å². The molecule has 4 aromatic carbocycles. The summed E-state index contributed by atoms with van der Waals surface area (Å²) in [5.41, 5.74) is 7.36. The minimum Gasteiger partial charge on any atom is -1.00 e. The van der Waals surface area contributed by atoms with Crippen LogP contribution in [0.2, 0.25) is 0 Å². The Morgan fingerprint density at radius 1 is 0.744 bits per heavy atom. The molecule has 8 heteroatoms. The topological polar surface area (TPSA) is 83.4 Å². The molecule has 0 saturated carbocycles. The fraction of sp³-hybridized carbons (Fsp3) is 0.171. The third-order valence-electron chi connectivity index (χ3n) is 7.43. The van der Waals surface area contributed by atoms with Crippen molar-refractivity contribution < 1.29 is 41.4 Å². The van der Waals surface area contributed by atoms with Crippen molar-refractivity contribution in [3.8, 4) is 22.3 Å². The number of aromatic carboxylic acids is 2. The van der Waals surface area contributed by atoms with Crippen molar-refractivity contribution in [2.24, 2.45) is 0 Å². The molecular formula is C35H32BrIN2O4. The highest BCUT2D eigenvalue weighted by Gasteiger charge is 2.22. The SMILES string of the molecule is CCCCc1c(I)[n+](Cc2ccc(-c3ccccc3C(=O)O)cc2)cn1Cc1ccc(-c2ccccc2C(=O)O)cc1.[Br-]. The van der Waals surface area contributed by atoms with Crippen LogP contribution in [-0.4, -0.2) is 26.7 Å². The molecule has 0 atom stereocenters. The van der Waals surface area contributed by atoms with Crippen LogP contribution in [0.25, 0.3) is 22.3 Å². The largest absolute Gasteiger partial charge is 1.00 e. The van der Waals surface area contributed by atoms with Crippen LogP contribution >= 0.6 is 22.6 Å². The molecule has 43 heavy (non-hydrogen) atoms. The molecule has 0 unspecified atom stereocenters. The normalized spacial score (nSPS) is 10.7. The number of carbonyl (C=O) groups is 2. The quantitative estimate of drug-likeness (QED) is 0.153. The minimum atomic E-state index is -0.930. The summed E-state index contributed by atoms with van der Waals surface area (Å²) in [5, 5.41) is 19.2. The molecule has 0 aliphatic heterocycles. The van der Waals surface area contributed by atoms with E-state index in [0.717, 1.165) is 41.5 Å². The number of nitrogens with zero attached hydrogens (tertiary/aromatic N) is 2. The van der Waals surface area contributed by atoms with Gasteiger partial charge in [0.05, 0.1) is 11.1 Å². The highest BCUT2D eigenvalue weighted by Crippen LogP contribution is 2.26. The van der Waals surface area contributed by atoms with E-state index in [0.29, 0.717) is 35.3 Å². The molecule has 0 saturated heterocycles. The Hall–Kier alpha value is -3.76. The highest BCUT2D eigenvalue weighted by atomic mass is 127. The predicted octanol–water partition coefficient (Wildman–Crippen LogP) is 4.55. The lowest BCUT2D eigenvalue weighted by Crippen LogP contribution is -3.00. The van der Waals surface area contributed by atoms with Crippen molar-refractivity contribution in [3.63, 3.8) is 0 Å². The molecule has 0 aliphatic carbocycles. The van der Waals surface area contributed by atoms with Crippen molar-refractivity contribution in [1.82, 2.24) is 4.57 Å². The van der Waals surface area contributed by atoms with Crippen LogP contribution < -0.4 is 21.5 Å². The highest BCUT2D eigenvalue weighted by molar-refractivity contribution is 14.1. The number of imidazole rings is 1. The lowest BCUT2D eigenvalue weighted by molar-refractivity contribution is -0.700. The molecule has 0 spiro atoms. The fourth-order valence-electron chi connectivity index (χ4n) is 5.23. The molecule has 220 valence electrons. The second-order valence-corrected chi connectivity index (χ2v) is 11.3. The summed E-state index contributed by atoms with van der Waals surface area (Å²) in [5.74, 6) is -1.86. The standard InChI is InChI=1S/C35H31IN2O4.BrH/c1-2-3-12-32-33(36)38(22-25-15-19-27(20-16-25)29-9-5-7-11-31(29)35(41)42)23-37(32)21-24-13-17-26(18-14-24)28-8-4-6-10-30(28)34(39)40;/h4-11,13-20,23H,2-3,12,21-22H2,1H3,(H-,39,40,41,42);1H. The van der Waals surface area contributed by atoms with E-state index in [1.54, 1.807) is 24.3 Å². The van der Waals surface area contributed by atoms with Gasteiger partial charge < -0.3 is 27.2 Å². The number of unbranched alkanes of at least 4 members (excludes halogenated alkanes) is 1. The van der Waals surface area contributed by atoms with Crippen LogP contribution in [0, 0.1) is 3.70 Å². The van der Waals surface area contributed by atoms with Gasteiger partial charge in [-0.3, -0.25) is 0 Å². The van der Waals surface area contributed by atoms with Crippen LogP contribution in [0.15, 0.2) is 103 Å². The number of benzene rings is 4. The van der Waals surface area contributed by atoms with Gasteiger partial charge in [0.15, 0.2) is 5.69 Å². The summed E-state index contributed by atoms with van der Waals surface area (Å²) >= 11 is 2.44. The van der Waals surface area contributed by atoms with Gasteiger partial charge in [-0.15, -0.1) is 0 Å². The molecule has 0 bridgehead atoms. The summed E-state index contributed by atoms with van der Waals surface area (Å²) in [6, 6.07) is 30.4. The molecule has 0 radical (unpaired) electrons. The van der Waals surface area contributed by atoms with Crippen molar-refractivity contribution >= 4 is 34.5 Å². The first-order chi connectivity index (χ1) is 20.4. The van der Waals surface area contributed by atoms with Gasteiger partial charge in [-0.05, 0) is 51.9 Å². The Balaban J connectivity index is 0.00000423. The number of carboxylic acid groups (broad SMARTS) is 2. The van der Waals surface area contributed by atoms with Crippen molar-refractivity contribution in [2.75, 3.05) is 0 Å². The first-order valence-corrected chi connectivity index (χ1v) is 15.0. The Kier molecular flexibility index (Phi) is 10.9. The van der Waals surface area contributed by atoms with E-state index < -0.39 is 11.9 Å². The number of carboxylic acids is 2. The zero-order valence-electron chi connectivity index (χ0n) is 23.7. The maximum Gasteiger partial charge on any atom is 0.336 e. The van der Waals surface area contributed by atoms with Crippen LogP contribution in [0.1, 0.15) is 57.3 Å². The van der Waals surface area contributed by atoms with E-state index in [9.17, 15) is 19.8 Å². The summed E-state index contributed by atoms with van der Waals surface area (Å²) in [7, 11) is 0. The number of hydrogen-bond donors (Lipinski definition) is 2. The van der Waals surface area contributed by atoms with Gasteiger partial charge in [-0.1, -0.05) is 98.3 Å². The average molecular weight is 751 g/mol. The molecule has 0 amide bonds. The van der Waals surface area contributed by atoms with E-state index in [1.165, 1.54) is 9.39 Å². The lowest BCUT2D eigenvalue weighted by Gasteiger charge is -2.07. The Bertz CT molecular complexity index is 1730. The van der Waals surface area contributed by atoms with Crippen LogP contribution in [0.3, 0.4) is 0 Å². The van der Waals surface area contributed by atoms with E-state index in [-0.39, 0.29) is 17.0 Å². The van der Waals surface area contributed by atoms with E-state index in [4.69, 9.17) is 0 Å². The van der Waals surface area contributed by atoms with Crippen molar-refractivity contribution in [3.05, 3.63) is 135 Å². The van der Waals surface area contributed by atoms with Gasteiger partial charge in [0.2, 0.25) is 10.0 Å². The molecule has 0 fully saturated rings. The van der Waals surface area contributed by atoms with Gasteiger partial charge in [-0.25, -0.2) is 18.7 Å². The smallest absolute Gasteiger partial charge is 0.336 e. The second kappa shape index (κ2) is 14.6. The molecule has 0 aliphatic rings. The Morgan fingerprint density at radius 3 is 1.72 bits per heavy atom. The van der Waals surface area contributed by atoms with Gasteiger partial charge in [0.1, 0.15) is 13.1 Å². The van der Waals surface area contributed by atoms with Crippen molar-refractivity contribution in [2.45, 2.75) is 39.3 Å². The first-order valence-electron chi connectivity index (χ1n) is 14.0. The van der Waals surface area contributed by atoms with Gasteiger partial charge in [0.25, 0.3) is 0 Å². The van der Waals surface area contributed by atoms with E-state index in [2.05, 4.69) is 69.2 Å². The average Bonchev–Trinajstić information content (AvgIpc) is 3.29. The Morgan fingerprint density at radius 2 is 1.23 bits per heavy atom. The van der Waals surface area contributed by atoms with Crippen LogP contribution in [0.4, 0.5) is 0 Å². The number of aromatic nitrogens is 2. The third-order valence-corrected chi connectivity index (χ3v) is 8.68. The van der Waals surface area contributed by atoms with Crippen LogP contribution in [0.5, 0.6) is 0 Å². The van der Waals surface area contributed by atoms with Crippen LogP contribution in [-0.2, 0) is 19.5 Å². The molecule has 2 N–H and O–H groups in total. The maximum absolute atomic E-state index is 11.7. The summed E-state index contributed by atoms with van der Waals surface area (Å²) in [4.78, 5) is 23.4. The molecule has 5 rings (SSSR count). The van der Waals surface area contributed by atoms with E-state index >= 15 is 0 Å². The lowest BCUT2D eigenvalue weighted by atomic mass is 9.99. The minimum absolute atomic E-state index is 0. The van der Waals surface area contributed by atoms with Crippen molar-refractivity contribution in [1.29, 1.82) is 0 Å². The fourth-order valence-corrected chi connectivity index (χ4v) is 6.10. The third kappa shape index (κ3) is 7.43. The number of rotatable bonds is 11. The van der Waals surface area contributed by atoms with Gasteiger partial charge in [0, 0.05) is 29.0 Å². The first kappa shape index (κ1) is 32.2. The summed E-state index contributed by atoms with van der Waals surface area (Å²) < 4.78 is 5.78. The zero-order chi connectivity index (χ0) is 29.6. The maximum atomic E-state index is 11.7. The molecule has 1 heterocycles. The number of halogens is 2. The monoisotopic (exact) mass is 750 g/mol. The number of hydrogen-bond acceptors (Lipinski definition) is 2. The van der Waals surface area contributed by atoms with Gasteiger partial charge in [-0.2, -0.15) is 0 Å². The summed E-state index contributed by atoms with van der Waals surface area (Å²) in [6.07, 6.45) is 5.37. The second-order valence-electron chi connectivity index (χ2n) is 10.3.